The molecule has 0 saturated heterocycles. The molecule has 0 fully saturated rings. The van der Waals surface area contributed by atoms with E-state index in [1.807, 2.05) is 17.5 Å². The van der Waals surface area contributed by atoms with Crippen molar-refractivity contribution in [3.8, 4) is 0 Å². The molecule has 0 aliphatic heterocycles. The Hall–Kier alpha value is 1.60. The molecule has 0 rings (SSSR count). The van der Waals surface area contributed by atoms with Gasteiger partial charge in [-0.15, -0.1) is 0 Å². The molecule has 0 atom stereocenters. The molecular weight excluding hydrogens is 590 g/mol. The van der Waals surface area contributed by atoms with Crippen LogP contribution in [0, 0.1) is 0 Å². The van der Waals surface area contributed by atoms with Gasteiger partial charge in [0, 0.05) is 6.42 Å². The first-order chi connectivity index (χ1) is 8.95. The van der Waals surface area contributed by atoms with Gasteiger partial charge in [-0.2, -0.15) is 0 Å². The second-order valence-electron chi connectivity index (χ2n) is 1.91. The minimum Gasteiger partial charge on any atom is -0.0626 e. The quantitative estimate of drug-likeness (QED) is 0.439. The predicted molar refractivity (Wildman–Crippen MR) is 99.8 cm³/mol. The standard InChI is InChI=1S/C3H6O2Se.C3H6O2.C2H6Se2.2CH4Se.BH4/c1-6-2-3(4)5;1-2-3(4)5;1-3-4-2;2*1-2;/h2H2,1H3,(H,4,5);2H2,1H3,(H,4,5);1-2H3;2*2H,1H3;1H4/q;;;;;-1/p-2. The Morgan fingerprint density at radius 1 is 0.900 bits per heavy atom. The Kier molecular flexibility index (Phi) is 93.9. The van der Waals surface area contributed by atoms with Gasteiger partial charge in [-0.1, -0.05) is 15.3 Å². The number of carbonyl (C=O) groups is 2. The zero-order valence-electron chi connectivity index (χ0n) is 12.2. The smallest absolute Gasteiger partial charge is 0.0626 e. The Balaban J connectivity index is -0.0000000323. The largest absolute Gasteiger partial charge is 0.0626 e. The topological polar surface area (TPSA) is 74.6 Å². The van der Waals surface area contributed by atoms with Crippen molar-refractivity contribution in [3.63, 3.8) is 0 Å². The molecule has 0 aliphatic rings. The van der Waals surface area contributed by atoms with Crippen molar-refractivity contribution in [2.45, 2.75) is 47.8 Å². The maximum absolute atomic E-state index is 9.61. The molecule has 128 valence electrons. The van der Waals surface area contributed by atoms with Crippen LogP contribution in [0.1, 0.15) is 13.3 Å². The average molecular weight is 618 g/mol. The van der Waals surface area contributed by atoms with Crippen LogP contribution >= 0.6 is 0 Å². The van der Waals surface area contributed by atoms with E-state index in [4.69, 9.17) is 10.2 Å². The number of hydrogen-bond acceptors (Lipinski definition) is 2. The maximum atomic E-state index is 9.61. The van der Waals surface area contributed by atoms with Crippen LogP contribution in [-0.4, -0.2) is 104 Å². The molecule has 2 N–H and O–H groups in total. The fourth-order valence-electron chi connectivity index (χ4n) is 0.123. The summed E-state index contributed by atoms with van der Waals surface area (Å²) >= 11 is 7.51. The summed E-state index contributed by atoms with van der Waals surface area (Å²) in [6.07, 6.45) is 0.222. The van der Waals surface area contributed by atoms with E-state index >= 15 is 0 Å². The minimum atomic E-state index is -0.745. The normalized spacial score (nSPS) is 6.40. The van der Waals surface area contributed by atoms with E-state index in [-0.39, 0.29) is 14.8 Å². The summed E-state index contributed by atoms with van der Waals surface area (Å²) in [6, 6.07) is 0. The van der Waals surface area contributed by atoms with Crippen LogP contribution in [0.2, 0.25) is 34.4 Å². The molecule has 0 aromatic heterocycles. The molecule has 0 amide bonds. The third-order valence-corrected chi connectivity index (χ3v) is 6.19. The molecule has 0 aliphatic carbocycles. The summed E-state index contributed by atoms with van der Waals surface area (Å²) in [4.78, 5) is 19.0. The maximum Gasteiger partial charge on any atom is -0.0626 e. The van der Waals surface area contributed by atoms with Gasteiger partial charge in [0.15, 0.2) is 0 Å². The molecule has 10 heteroatoms. The Bertz CT molecular complexity index is 163. The predicted octanol–water partition coefficient (Wildman–Crippen LogP) is 0.0830. The van der Waals surface area contributed by atoms with Gasteiger partial charge < -0.3 is 5.11 Å². The third-order valence-electron chi connectivity index (χ3n) is 0.737. The number of carboxylic acid groups (broad SMARTS) is 2. The van der Waals surface area contributed by atoms with Gasteiger partial charge in [0.1, 0.15) is 0 Å². The van der Waals surface area contributed by atoms with Crippen molar-refractivity contribution < 1.29 is 19.8 Å². The summed E-state index contributed by atoms with van der Waals surface area (Å²) in [7, 11) is 0. The molecule has 0 saturated carbocycles. The molecule has 0 heterocycles. The summed E-state index contributed by atoms with van der Waals surface area (Å²) in [5.41, 5.74) is 0. The van der Waals surface area contributed by atoms with E-state index < -0.39 is 11.9 Å². The molecule has 0 aromatic rings. The van der Waals surface area contributed by atoms with E-state index in [1.54, 1.807) is 6.92 Å². The van der Waals surface area contributed by atoms with Gasteiger partial charge in [-0.25, -0.2) is 0 Å². The van der Waals surface area contributed by atoms with E-state index in [9.17, 15) is 9.59 Å². The van der Waals surface area contributed by atoms with Crippen LogP contribution in [0.25, 0.3) is 0 Å². The Labute approximate surface area is 160 Å². The number of aliphatic carboxylic acids is 2. The molecule has 0 radical (unpaired) electrons. The van der Waals surface area contributed by atoms with Crippen LogP contribution in [-0.2, 0) is 9.59 Å². The van der Waals surface area contributed by atoms with Gasteiger partial charge >= 0.3 is 130 Å². The first-order valence-electron chi connectivity index (χ1n) is 4.77. The van der Waals surface area contributed by atoms with Crippen molar-refractivity contribution >= 4 is 93.6 Å². The number of hydrogen-bond donors (Lipinski definition) is 2. The SMILES string of the molecule is CCC(=O)O.C[Se-].C[Se-].C[Se]CC(=O)O.C[Se][Se]C.[BH4-]. The molecule has 0 spiro atoms. The van der Waals surface area contributed by atoms with Gasteiger partial charge in [-0.3, -0.25) is 4.79 Å². The molecule has 0 aromatic carbocycles. The van der Waals surface area contributed by atoms with Crippen LogP contribution in [0.15, 0.2) is 0 Å². The molecular formula is C10H28BO4Se5-3. The first-order valence-corrected chi connectivity index (χ1v) is 18.9. The van der Waals surface area contributed by atoms with Gasteiger partial charge in [0.25, 0.3) is 0 Å². The zero-order valence-corrected chi connectivity index (χ0v) is 20.7. The van der Waals surface area contributed by atoms with Crippen LogP contribution in [0.4, 0.5) is 0 Å². The van der Waals surface area contributed by atoms with E-state index in [2.05, 4.69) is 43.7 Å². The van der Waals surface area contributed by atoms with E-state index in [0.29, 0.717) is 20.3 Å². The monoisotopic (exact) mass is 623 g/mol. The van der Waals surface area contributed by atoms with Crippen LogP contribution < -0.4 is 0 Å². The first kappa shape index (κ1) is 37.7. The van der Waals surface area contributed by atoms with Gasteiger partial charge in [0.2, 0.25) is 0 Å². The van der Waals surface area contributed by atoms with Crippen molar-refractivity contribution in [1.82, 2.24) is 0 Å². The Morgan fingerprint density at radius 3 is 1.15 bits per heavy atom. The third kappa shape index (κ3) is 117. The van der Waals surface area contributed by atoms with Crippen LogP contribution in [0.5, 0.6) is 0 Å². The van der Waals surface area contributed by atoms with Crippen molar-refractivity contribution in [3.05, 3.63) is 0 Å². The number of rotatable bonds is 4. The summed E-state index contributed by atoms with van der Waals surface area (Å²) in [6.45, 7) is 1.60. The molecule has 20 heavy (non-hydrogen) atoms. The number of carboxylic acids is 2. The fraction of sp³-hybridized carbons (Fsp3) is 0.800. The summed E-state index contributed by atoms with van der Waals surface area (Å²) < 4.78 is 0. The van der Waals surface area contributed by atoms with Gasteiger partial charge in [-0.05, 0) is 0 Å². The van der Waals surface area contributed by atoms with Gasteiger partial charge in [0.05, 0.1) is 0 Å². The van der Waals surface area contributed by atoms with E-state index in [1.165, 1.54) is 0 Å². The zero-order chi connectivity index (χ0) is 16.7. The van der Waals surface area contributed by atoms with Crippen LogP contribution in [0.3, 0.4) is 0 Å². The summed E-state index contributed by atoms with van der Waals surface area (Å²) in [5, 5.41) is 16.0. The van der Waals surface area contributed by atoms with Crippen molar-refractivity contribution in [2.75, 3.05) is 0 Å². The minimum absolute atomic E-state index is 0. The molecule has 4 nitrogen and oxygen atoms in total. The summed E-state index contributed by atoms with van der Waals surface area (Å²) in [5.74, 6) is 8.77. The second kappa shape index (κ2) is 49.8. The van der Waals surface area contributed by atoms with E-state index in [0.717, 1.165) is 26.3 Å². The van der Waals surface area contributed by atoms with Crippen molar-refractivity contribution in [1.29, 1.82) is 0 Å². The fourth-order valence-corrected chi connectivity index (χ4v) is 0.642. The Morgan fingerprint density at radius 2 is 1.15 bits per heavy atom. The molecule has 0 unspecified atom stereocenters. The average Bonchev–Trinajstić information content (AvgIpc) is 2.44. The molecule has 0 bridgehead atoms. The van der Waals surface area contributed by atoms with Crippen molar-refractivity contribution in [2.24, 2.45) is 0 Å². The second-order valence-corrected chi connectivity index (χ2v) is 12.4.